The maximum atomic E-state index is 13.2. The van der Waals surface area contributed by atoms with Crippen molar-refractivity contribution in [1.29, 1.82) is 0 Å². The van der Waals surface area contributed by atoms with Crippen LogP contribution in [-0.4, -0.2) is 94.5 Å². The Balaban J connectivity index is -0.000000883. The van der Waals surface area contributed by atoms with E-state index in [4.69, 9.17) is 15.9 Å². The quantitative estimate of drug-likeness (QED) is 0.131. The van der Waals surface area contributed by atoms with Gasteiger partial charge in [0, 0.05) is 24.0 Å². The minimum absolute atomic E-state index is 0.0844. The first kappa shape index (κ1) is 49.8. The summed E-state index contributed by atoms with van der Waals surface area (Å²) in [4.78, 5) is 15.7. The van der Waals surface area contributed by atoms with Crippen molar-refractivity contribution in [2.75, 3.05) is 27.4 Å². The molecule has 1 aliphatic rings. The second kappa shape index (κ2) is 29.3. The Morgan fingerprint density at radius 2 is 1.49 bits per heavy atom. The molecule has 1 aromatic carbocycles. The number of aryl methyl sites for hydroxylation is 1. The fourth-order valence-electron chi connectivity index (χ4n) is 5.91. The summed E-state index contributed by atoms with van der Waals surface area (Å²) in [5, 5.41) is 27.8. The SMILES string of the molecule is CC.CC.CC1(F)CCC(C(N)=O)CC1.CNC(C)N(C(C)CC(CC(C)C)N(C)CCCc1ccccc1)C(C)C(C)O.OCO. The lowest BCUT2D eigenvalue weighted by atomic mass is 9.81. The van der Waals surface area contributed by atoms with Crippen LogP contribution in [0, 0.1) is 11.8 Å². The van der Waals surface area contributed by atoms with E-state index in [9.17, 15) is 14.3 Å². The van der Waals surface area contributed by atoms with Crippen LogP contribution in [0.2, 0.25) is 0 Å². The van der Waals surface area contributed by atoms with Gasteiger partial charge >= 0.3 is 0 Å². The molecule has 5 unspecified atom stereocenters. The molecule has 1 aliphatic carbocycles. The molecule has 1 fully saturated rings. The van der Waals surface area contributed by atoms with Gasteiger partial charge in [0.2, 0.25) is 5.91 Å². The van der Waals surface area contributed by atoms with Crippen molar-refractivity contribution in [3.8, 4) is 0 Å². The molecule has 0 heterocycles. The first-order valence-corrected chi connectivity index (χ1v) is 18.2. The van der Waals surface area contributed by atoms with Crippen LogP contribution in [0.4, 0.5) is 4.39 Å². The average Bonchev–Trinajstić information content (AvgIpc) is 3.03. The Morgan fingerprint density at radius 1 is 1.00 bits per heavy atom. The van der Waals surface area contributed by atoms with Crippen LogP contribution in [-0.2, 0) is 11.2 Å². The number of nitrogens with two attached hydrogens (primary N) is 1. The molecule has 1 aromatic rings. The number of amides is 1. The lowest BCUT2D eigenvalue weighted by Crippen LogP contribution is -2.55. The van der Waals surface area contributed by atoms with E-state index >= 15 is 0 Å². The second-order valence-corrected chi connectivity index (χ2v) is 13.1. The Bertz CT molecular complexity index is 834. The number of aliphatic hydroxyl groups excluding tert-OH is 2. The van der Waals surface area contributed by atoms with E-state index in [0.29, 0.717) is 43.7 Å². The highest BCUT2D eigenvalue weighted by molar-refractivity contribution is 5.76. The maximum Gasteiger partial charge on any atom is 0.220 e. The summed E-state index contributed by atoms with van der Waals surface area (Å²) < 4.78 is 13.2. The Labute approximate surface area is 289 Å². The molecular formula is C38H77FN4O4. The third-order valence-electron chi connectivity index (χ3n) is 8.77. The number of halogens is 1. The molecule has 0 bridgehead atoms. The number of hydrogen-bond acceptors (Lipinski definition) is 7. The molecule has 1 saturated carbocycles. The van der Waals surface area contributed by atoms with Gasteiger partial charge in [0.25, 0.3) is 0 Å². The minimum Gasteiger partial charge on any atom is -0.392 e. The zero-order valence-corrected chi connectivity index (χ0v) is 32.6. The molecule has 6 N–H and O–H groups in total. The lowest BCUT2D eigenvalue weighted by Gasteiger charge is -2.43. The summed E-state index contributed by atoms with van der Waals surface area (Å²) in [5.74, 6) is 0.312. The van der Waals surface area contributed by atoms with Gasteiger partial charge in [-0.3, -0.25) is 9.69 Å². The van der Waals surface area contributed by atoms with Crippen LogP contribution in [0.3, 0.4) is 0 Å². The molecule has 0 radical (unpaired) electrons. The molecular weight excluding hydrogens is 595 g/mol. The van der Waals surface area contributed by atoms with E-state index in [0.717, 1.165) is 19.4 Å². The van der Waals surface area contributed by atoms with Crippen molar-refractivity contribution in [2.24, 2.45) is 17.6 Å². The summed E-state index contributed by atoms with van der Waals surface area (Å²) >= 11 is 0. The third kappa shape index (κ3) is 23.4. The number of aliphatic hydroxyl groups is 3. The van der Waals surface area contributed by atoms with E-state index in [1.54, 1.807) is 6.92 Å². The highest BCUT2D eigenvalue weighted by atomic mass is 19.1. The number of hydrogen-bond donors (Lipinski definition) is 5. The van der Waals surface area contributed by atoms with E-state index in [1.165, 1.54) is 18.4 Å². The molecule has 0 saturated heterocycles. The Hall–Kier alpha value is -1.62. The van der Waals surface area contributed by atoms with Crippen LogP contribution >= 0.6 is 0 Å². The van der Waals surface area contributed by atoms with E-state index in [-0.39, 0.29) is 30.1 Å². The fraction of sp³-hybridized carbons (Fsp3) is 0.816. The molecule has 1 amide bonds. The summed E-state index contributed by atoms with van der Waals surface area (Å²) in [6, 6.07) is 11.9. The largest absolute Gasteiger partial charge is 0.392 e. The van der Waals surface area contributed by atoms with Gasteiger partial charge in [-0.2, -0.15) is 0 Å². The normalized spacial score (nSPS) is 20.5. The molecule has 47 heavy (non-hydrogen) atoms. The van der Waals surface area contributed by atoms with Crippen molar-refractivity contribution in [1.82, 2.24) is 15.1 Å². The summed E-state index contributed by atoms with van der Waals surface area (Å²) in [6.45, 7) is 23.1. The number of rotatable bonds is 15. The standard InChI is InChI=1S/C25H47N3O.C8H14FNO.2C2H6.CH4O2/c1-19(2)17-25(27(8)16-12-15-24-13-10-9-11-14-24)18-20(3)28(23(6)26-7)21(4)22(5)29;1-8(9)4-2-6(3-5-8)7(10)11;2*1-2;2-1-3/h9-11,13-14,19-23,25-26,29H,12,15-18H2,1-8H3;6H,2-5H2,1H3,(H2,10,11);2*1-2H3;2-3H,1H2. The Morgan fingerprint density at radius 3 is 1.89 bits per heavy atom. The first-order chi connectivity index (χ1) is 22.1. The number of nitrogens with one attached hydrogen (secondary N) is 1. The zero-order valence-electron chi connectivity index (χ0n) is 32.6. The number of benzene rings is 1. The third-order valence-corrected chi connectivity index (χ3v) is 8.77. The number of nitrogens with zero attached hydrogens (tertiary/aromatic N) is 2. The summed E-state index contributed by atoms with van der Waals surface area (Å²) in [5.41, 5.74) is 5.46. The molecule has 0 aliphatic heterocycles. The lowest BCUT2D eigenvalue weighted by molar-refractivity contribution is -0.123. The zero-order chi connectivity index (χ0) is 37.2. The molecule has 8 nitrogen and oxygen atoms in total. The van der Waals surface area contributed by atoms with Crippen LogP contribution < -0.4 is 11.1 Å². The predicted octanol–water partition coefficient (Wildman–Crippen LogP) is 6.75. The molecule has 9 heteroatoms. The van der Waals surface area contributed by atoms with Gasteiger partial charge in [-0.05, 0) is 118 Å². The smallest absolute Gasteiger partial charge is 0.220 e. The maximum absolute atomic E-state index is 13.2. The number of alkyl halides is 1. The van der Waals surface area contributed by atoms with Gasteiger partial charge in [0.15, 0.2) is 0 Å². The van der Waals surface area contributed by atoms with Gasteiger partial charge in [-0.25, -0.2) is 4.39 Å². The molecule has 0 aromatic heterocycles. The molecule has 2 rings (SSSR count). The van der Waals surface area contributed by atoms with Gasteiger partial charge in [0.05, 0.1) is 12.3 Å². The van der Waals surface area contributed by atoms with Crippen LogP contribution in [0.1, 0.15) is 127 Å². The van der Waals surface area contributed by atoms with Gasteiger partial charge in [-0.1, -0.05) is 71.9 Å². The monoisotopic (exact) mass is 673 g/mol. The van der Waals surface area contributed by atoms with E-state index in [2.05, 4.69) is 87.1 Å². The number of primary amides is 1. The summed E-state index contributed by atoms with van der Waals surface area (Å²) in [6.07, 6.45) is 6.70. The van der Waals surface area contributed by atoms with Crippen LogP contribution in [0.5, 0.6) is 0 Å². The predicted molar refractivity (Wildman–Crippen MR) is 199 cm³/mol. The first-order valence-electron chi connectivity index (χ1n) is 18.2. The fourth-order valence-corrected chi connectivity index (χ4v) is 5.91. The van der Waals surface area contributed by atoms with Gasteiger partial charge in [-0.15, -0.1) is 0 Å². The number of carbonyl (C=O) groups is 1. The topological polar surface area (TPSA) is 122 Å². The molecule has 0 spiro atoms. The van der Waals surface area contributed by atoms with Gasteiger partial charge < -0.3 is 31.3 Å². The van der Waals surface area contributed by atoms with Gasteiger partial charge in [0.1, 0.15) is 12.5 Å². The minimum atomic E-state index is -1.06. The van der Waals surface area contributed by atoms with E-state index < -0.39 is 12.5 Å². The highest BCUT2D eigenvalue weighted by Gasteiger charge is 2.33. The van der Waals surface area contributed by atoms with Crippen molar-refractivity contribution >= 4 is 5.91 Å². The van der Waals surface area contributed by atoms with Crippen molar-refractivity contribution < 1.29 is 24.5 Å². The van der Waals surface area contributed by atoms with Crippen molar-refractivity contribution in [3.05, 3.63) is 35.9 Å². The van der Waals surface area contributed by atoms with Crippen LogP contribution in [0.25, 0.3) is 0 Å². The molecule has 280 valence electrons. The summed E-state index contributed by atoms with van der Waals surface area (Å²) in [7, 11) is 4.29. The van der Waals surface area contributed by atoms with Crippen molar-refractivity contribution in [2.45, 2.75) is 164 Å². The highest BCUT2D eigenvalue weighted by Crippen LogP contribution is 2.34. The second-order valence-electron chi connectivity index (χ2n) is 13.1. The number of carbonyl (C=O) groups excluding carboxylic acids is 1. The average molecular weight is 673 g/mol. The van der Waals surface area contributed by atoms with Crippen LogP contribution in [0.15, 0.2) is 30.3 Å². The van der Waals surface area contributed by atoms with E-state index in [1.807, 2.05) is 41.7 Å². The molecule has 5 atom stereocenters. The van der Waals surface area contributed by atoms with Crippen molar-refractivity contribution in [3.63, 3.8) is 0 Å². The Kier molecular flexibility index (Phi) is 31.0.